The van der Waals surface area contributed by atoms with Crippen LogP contribution in [0.4, 0.5) is 0 Å². The molecule has 0 radical (unpaired) electrons. The molecular formula is C26H38ClN5O5. The molecule has 0 spiro atoms. The summed E-state index contributed by atoms with van der Waals surface area (Å²) < 4.78 is 13.2. The first-order chi connectivity index (χ1) is 17.5. The number of amides is 1. The van der Waals surface area contributed by atoms with Crippen molar-refractivity contribution >= 4 is 24.3 Å². The molecule has 2 fully saturated rings. The number of aliphatic carboxylic acids is 1. The number of rotatable bonds is 11. The zero-order valence-electron chi connectivity index (χ0n) is 21.6. The van der Waals surface area contributed by atoms with E-state index in [1.807, 2.05) is 22.9 Å². The van der Waals surface area contributed by atoms with Crippen molar-refractivity contribution in [3.63, 3.8) is 0 Å². The average Bonchev–Trinajstić information content (AvgIpc) is 3.57. The highest BCUT2D eigenvalue weighted by Crippen LogP contribution is 2.41. The Bertz CT molecular complexity index is 1030. The highest BCUT2D eigenvalue weighted by molar-refractivity contribution is 5.94. The number of carboxylic acid groups (broad SMARTS) is 1. The van der Waals surface area contributed by atoms with Crippen molar-refractivity contribution in [3.05, 3.63) is 30.0 Å². The van der Waals surface area contributed by atoms with Crippen molar-refractivity contribution in [2.24, 2.45) is 0 Å². The number of carbonyl (C=O) groups excluding carboxylic acids is 1. The number of nitrogens with zero attached hydrogens (tertiary/aromatic N) is 3. The van der Waals surface area contributed by atoms with Crippen LogP contribution in [0.3, 0.4) is 0 Å². The standard InChI is InChI=1S/C26H37N5O5.ClH/c1-35-22-8-5-9-23(36-2)25(22)21-17-20(29-31(21)19-6-3-4-7-19)26(34)28-18(16-24(32)33)10-13-30-14-11-27-12-15-30;/h5,8-9,17-19,27H,3-4,6-7,10-16H2,1-2H3,(H,28,34)(H,32,33);1H/t18-;/m0./s1. The molecule has 1 aliphatic carbocycles. The summed E-state index contributed by atoms with van der Waals surface area (Å²) in [5, 5.41) is 20.4. The number of carbonyl (C=O) groups is 2. The maximum atomic E-state index is 13.3. The van der Waals surface area contributed by atoms with E-state index in [0.29, 0.717) is 17.9 Å². The molecule has 0 unspecified atom stereocenters. The molecule has 1 atom stereocenters. The van der Waals surface area contributed by atoms with Crippen LogP contribution in [0.5, 0.6) is 11.5 Å². The third kappa shape index (κ3) is 7.15. The summed E-state index contributed by atoms with van der Waals surface area (Å²) in [6.45, 7) is 4.42. The Morgan fingerprint density at radius 3 is 2.41 bits per heavy atom. The first kappa shape index (κ1) is 28.7. The molecule has 1 saturated heterocycles. The van der Waals surface area contributed by atoms with Gasteiger partial charge < -0.3 is 30.1 Å². The first-order valence-corrected chi connectivity index (χ1v) is 12.8. The van der Waals surface area contributed by atoms with Gasteiger partial charge in [-0.05, 0) is 37.5 Å². The lowest BCUT2D eigenvalue weighted by atomic mass is 10.1. The third-order valence-electron chi connectivity index (χ3n) is 7.08. The van der Waals surface area contributed by atoms with Crippen molar-refractivity contribution in [1.29, 1.82) is 0 Å². The van der Waals surface area contributed by atoms with Gasteiger partial charge in [0, 0.05) is 38.8 Å². The number of ether oxygens (including phenoxy) is 2. The van der Waals surface area contributed by atoms with Crippen LogP contribution in [0.1, 0.15) is 55.1 Å². The predicted molar refractivity (Wildman–Crippen MR) is 143 cm³/mol. The van der Waals surface area contributed by atoms with Crippen molar-refractivity contribution in [3.8, 4) is 22.8 Å². The molecule has 2 heterocycles. The Balaban J connectivity index is 0.00000380. The molecule has 2 aromatic rings. The zero-order chi connectivity index (χ0) is 25.5. The minimum atomic E-state index is -0.934. The Morgan fingerprint density at radius 2 is 1.81 bits per heavy atom. The fraction of sp³-hybridized carbons (Fsp3) is 0.577. The van der Waals surface area contributed by atoms with E-state index in [1.165, 1.54) is 0 Å². The number of piperazine rings is 1. The fourth-order valence-electron chi connectivity index (χ4n) is 5.19. The van der Waals surface area contributed by atoms with Crippen LogP contribution in [0.15, 0.2) is 24.3 Å². The summed E-state index contributed by atoms with van der Waals surface area (Å²) in [4.78, 5) is 27.1. The Labute approximate surface area is 224 Å². The van der Waals surface area contributed by atoms with E-state index < -0.39 is 12.0 Å². The van der Waals surface area contributed by atoms with Crippen molar-refractivity contribution in [2.45, 2.75) is 50.6 Å². The van der Waals surface area contributed by atoms with Gasteiger partial charge in [-0.3, -0.25) is 14.3 Å². The maximum Gasteiger partial charge on any atom is 0.305 e. The third-order valence-corrected chi connectivity index (χ3v) is 7.08. The quantitative estimate of drug-likeness (QED) is 0.402. The molecule has 204 valence electrons. The molecule has 1 aliphatic heterocycles. The summed E-state index contributed by atoms with van der Waals surface area (Å²) in [6, 6.07) is 7.05. The molecule has 2 aliphatic rings. The lowest BCUT2D eigenvalue weighted by molar-refractivity contribution is -0.137. The van der Waals surface area contributed by atoms with Crippen molar-refractivity contribution in [1.82, 2.24) is 25.3 Å². The average molecular weight is 536 g/mol. The Morgan fingerprint density at radius 1 is 1.16 bits per heavy atom. The van der Waals surface area contributed by atoms with Gasteiger partial charge >= 0.3 is 5.97 Å². The molecule has 3 N–H and O–H groups in total. The van der Waals surface area contributed by atoms with E-state index in [0.717, 1.165) is 69.7 Å². The molecule has 1 saturated carbocycles. The van der Waals surface area contributed by atoms with Crippen LogP contribution in [0.2, 0.25) is 0 Å². The normalized spacial score (nSPS) is 17.1. The van der Waals surface area contributed by atoms with Crippen LogP contribution in [0.25, 0.3) is 11.3 Å². The lowest BCUT2D eigenvalue weighted by Crippen LogP contribution is -2.46. The summed E-state index contributed by atoms with van der Waals surface area (Å²) in [6.07, 6.45) is 4.63. The molecule has 37 heavy (non-hydrogen) atoms. The molecular weight excluding hydrogens is 498 g/mol. The van der Waals surface area contributed by atoms with Gasteiger partial charge in [0.15, 0.2) is 5.69 Å². The molecule has 10 nitrogen and oxygen atoms in total. The molecule has 1 aromatic carbocycles. The van der Waals surface area contributed by atoms with Gasteiger partial charge in [-0.15, -0.1) is 12.4 Å². The Kier molecular flexibility index (Phi) is 10.6. The molecule has 0 bridgehead atoms. The van der Waals surface area contributed by atoms with Crippen LogP contribution >= 0.6 is 12.4 Å². The largest absolute Gasteiger partial charge is 0.496 e. The number of carboxylic acids is 1. The number of nitrogens with one attached hydrogen (secondary N) is 2. The molecule has 1 aromatic heterocycles. The van der Waals surface area contributed by atoms with Crippen molar-refractivity contribution in [2.75, 3.05) is 46.9 Å². The van der Waals surface area contributed by atoms with E-state index >= 15 is 0 Å². The summed E-state index contributed by atoms with van der Waals surface area (Å²) in [5.74, 6) is -0.0228. The van der Waals surface area contributed by atoms with Crippen molar-refractivity contribution < 1.29 is 24.2 Å². The van der Waals surface area contributed by atoms with Crippen LogP contribution in [-0.2, 0) is 4.79 Å². The van der Waals surface area contributed by atoms with Gasteiger partial charge in [0.2, 0.25) is 0 Å². The number of hydrogen-bond acceptors (Lipinski definition) is 7. The number of hydrogen-bond donors (Lipinski definition) is 3. The van der Waals surface area contributed by atoms with E-state index in [1.54, 1.807) is 20.3 Å². The molecule has 1 amide bonds. The lowest BCUT2D eigenvalue weighted by Gasteiger charge is -2.28. The van der Waals surface area contributed by atoms with Gasteiger partial charge in [0.05, 0.1) is 37.9 Å². The van der Waals surface area contributed by atoms with E-state index in [4.69, 9.17) is 14.6 Å². The van der Waals surface area contributed by atoms with E-state index in [-0.39, 0.29) is 36.5 Å². The van der Waals surface area contributed by atoms with Gasteiger partial charge in [-0.2, -0.15) is 5.10 Å². The molecule has 4 rings (SSSR count). The van der Waals surface area contributed by atoms with Gasteiger partial charge in [0.1, 0.15) is 11.5 Å². The fourth-order valence-corrected chi connectivity index (χ4v) is 5.19. The van der Waals surface area contributed by atoms with Crippen LogP contribution < -0.4 is 20.1 Å². The smallest absolute Gasteiger partial charge is 0.305 e. The maximum absolute atomic E-state index is 13.3. The predicted octanol–water partition coefficient (Wildman–Crippen LogP) is 2.97. The summed E-state index contributed by atoms with van der Waals surface area (Å²) in [5.41, 5.74) is 1.78. The molecule has 11 heteroatoms. The highest BCUT2D eigenvalue weighted by Gasteiger charge is 2.28. The number of benzene rings is 1. The zero-order valence-corrected chi connectivity index (χ0v) is 22.4. The second kappa shape index (κ2) is 13.6. The highest BCUT2D eigenvalue weighted by atomic mass is 35.5. The van der Waals surface area contributed by atoms with Crippen LogP contribution in [-0.4, -0.2) is 84.6 Å². The van der Waals surface area contributed by atoms with E-state index in [2.05, 4.69) is 15.5 Å². The topological polar surface area (TPSA) is 118 Å². The van der Waals surface area contributed by atoms with Gasteiger partial charge in [-0.1, -0.05) is 18.9 Å². The SMILES string of the molecule is COc1cccc(OC)c1-c1cc(C(=O)N[C@@H](CCN2CCNCC2)CC(=O)O)nn1C1CCCC1.Cl. The van der Waals surface area contributed by atoms with E-state index in [9.17, 15) is 14.7 Å². The number of halogens is 1. The number of aromatic nitrogens is 2. The summed E-state index contributed by atoms with van der Waals surface area (Å²) in [7, 11) is 3.22. The second-order valence-electron chi connectivity index (χ2n) is 9.48. The minimum absolute atomic E-state index is 0. The first-order valence-electron chi connectivity index (χ1n) is 12.8. The summed E-state index contributed by atoms with van der Waals surface area (Å²) >= 11 is 0. The number of methoxy groups -OCH3 is 2. The van der Waals surface area contributed by atoms with Gasteiger partial charge in [0.25, 0.3) is 5.91 Å². The monoisotopic (exact) mass is 535 g/mol. The second-order valence-corrected chi connectivity index (χ2v) is 9.48. The van der Waals surface area contributed by atoms with Gasteiger partial charge in [-0.25, -0.2) is 0 Å². The minimum Gasteiger partial charge on any atom is -0.496 e. The van der Waals surface area contributed by atoms with Crippen LogP contribution in [0, 0.1) is 0 Å². The Hall–Kier alpha value is -2.82.